The van der Waals surface area contributed by atoms with Gasteiger partial charge in [0.15, 0.2) is 0 Å². The number of ketones is 1. The first kappa shape index (κ1) is 13.8. The number of hydrogen-bond acceptors (Lipinski definition) is 1. The van der Waals surface area contributed by atoms with Crippen LogP contribution in [0.3, 0.4) is 0 Å². The van der Waals surface area contributed by atoms with Crippen LogP contribution >= 0.6 is 15.9 Å². The second-order valence-corrected chi connectivity index (χ2v) is 6.31. The van der Waals surface area contributed by atoms with Crippen LogP contribution in [0.4, 0.5) is 0 Å². The second-order valence-electron chi connectivity index (χ2n) is 5.40. The molecule has 0 aromatic heterocycles. The SMILES string of the molecule is CCC1CCC(C(=O)Cc2cccc(Br)c2)CC1. The summed E-state index contributed by atoms with van der Waals surface area (Å²) in [6.45, 7) is 2.26. The molecule has 1 aliphatic rings. The van der Waals surface area contributed by atoms with Crippen molar-refractivity contribution in [1.82, 2.24) is 0 Å². The van der Waals surface area contributed by atoms with Gasteiger partial charge in [-0.15, -0.1) is 0 Å². The Morgan fingerprint density at radius 3 is 2.61 bits per heavy atom. The largest absolute Gasteiger partial charge is 0.299 e. The molecule has 0 spiro atoms. The van der Waals surface area contributed by atoms with E-state index in [0.29, 0.717) is 18.1 Å². The van der Waals surface area contributed by atoms with E-state index in [4.69, 9.17) is 0 Å². The van der Waals surface area contributed by atoms with E-state index >= 15 is 0 Å². The van der Waals surface area contributed by atoms with Crippen LogP contribution in [0.5, 0.6) is 0 Å². The van der Waals surface area contributed by atoms with E-state index < -0.39 is 0 Å². The molecule has 0 N–H and O–H groups in total. The van der Waals surface area contributed by atoms with E-state index in [1.807, 2.05) is 18.2 Å². The predicted molar refractivity (Wildman–Crippen MR) is 78.6 cm³/mol. The Morgan fingerprint density at radius 1 is 1.28 bits per heavy atom. The summed E-state index contributed by atoms with van der Waals surface area (Å²) in [5, 5.41) is 0. The molecule has 2 rings (SSSR count). The number of halogens is 1. The lowest BCUT2D eigenvalue weighted by molar-refractivity contribution is -0.123. The zero-order valence-corrected chi connectivity index (χ0v) is 12.6. The van der Waals surface area contributed by atoms with E-state index in [9.17, 15) is 4.79 Å². The van der Waals surface area contributed by atoms with Crippen LogP contribution in [0.1, 0.15) is 44.6 Å². The summed E-state index contributed by atoms with van der Waals surface area (Å²) in [6, 6.07) is 8.09. The molecule has 0 aliphatic heterocycles. The summed E-state index contributed by atoms with van der Waals surface area (Å²) >= 11 is 3.45. The van der Waals surface area contributed by atoms with Gasteiger partial charge in [-0.2, -0.15) is 0 Å². The molecule has 1 aromatic rings. The van der Waals surface area contributed by atoms with Crippen LogP contribution in [0, 0.1) is 11.8 Å². The summed E-state index contributed by atoms with van der Waals surface area (Å²) in [6.07, 6.45) is 6.56. The molecule has 1 aliphatic carbocycles. The topological polar surface area (TPSA) is 17.1 Å². The van der Waals surface area contributed by atoms with Gasteiger partial charge < -0.3 is 0 Å². The summed E-state index contributed by atoms with van der Waals surface area (Å²) in [7, 11) is 0. The van der Waals surface area contributed by atoms with Gasteiger partial charge in [-0.3, -0.25) is 4.79 Å². The van der Waals surface area contributed by atoms with Gasteiger partial charge in [0.05, 0.1) is 0 Å². The molecule has 0 unspecified atom stereocenters. The Bertz CT molecular complexity index is 405. The zero-order valence-electron chi connectivity index (χ0n) is 11.0. The molecule has 0 atom stereocenters. The summed E-state index contributed by atoms with van der Waals surface area (Å²) in [5.74, 6) is 1.61. The fraction of sp³-hybridized carbons (Fsp3) is 0.562. The van der Waals surface area contributed by atoms with E-state index in [2.05, 4.69) is 28.9 Å². The molecule has 1 saturated carbocycles. The molecule has 0 heterocycles. The van der Waals surface area contributed by atoms with Crippen LogP contribution in [-0.2, 0) is 11.2 Å². The quantitative estimate of drug-likeness (QED) is 0.782. The average molecular weight is 309 g/mol. The molecule has 1 fully saturated rings. The molecule has 0 saturated heterocycles. The fourth-order valence-corrected chi connectivity index (χ4v) is 3.33. The summed E-state index contributed by atoms with van der Waals surface area (Å²) in [5.41, 5.74) is 1.13. The van der Waals surface area contributed by atoms with Crippen molar-refractivity contribution in [1.29, 1.82) is 0 Å². The number of carbonyl (C=O) groups is 1. The first-order valence-corrected chi connectivity index (χ1v) is 7.75. The number of hydrogen-bond donors (Lipinski definition) is 0. The van der Waals surface area contributed by atoms with E-state index in [0.717, 1.165) is 28.8 Å². The van der Waals surface area contributed by atoms with Crippen LogP contribution < -0.4 is 0 Å². The maximum Gasteiger partial charge on any atom is 0.140 e. The Morgan fingerprint density at radius 2 is 2.00 bits per heavy atom. The van der Waals surface area contributed by atoms with Crippen molar-refractivity contribution in [3.05, 3.63) is 34.3 Å². The lowest BCUT2D eigenvalue weighted by Crippen LogP contribution is -2.23. The van der Waals surface area contributed by atoms with E-state index in [1.54, 1.807) is 0 Å². The molecule has 0 bridgehead atoms. The first-order chi connectivity index (χ1) is 8.69. The van der Waals surface area contributed by atoms with Crippen molar-refractivity contribution in [3.8, 4) is 0 Å². The van der Waals surface area contributed by atoms with Crippen LogP contribution in [0.2, 0.25) is 0 Å². The predicted octanol–water partition coefficient (Wildman–Crippen LogP) is 4.78. The number of carbonyl (C=O) groups excluding carboxylic acids is 1. The fourth-order valence-electron chi connectivity index (χ4n) is 2.89. The lowest BCUT2D eigenvalue weighted by Gasteiger charge is -2.26. The highest BCUT2D eigenvalue weighted by Crippen LogP contribution is 2.31. The minimum absolute atomic E-state index is 0.312. The van der Waals surface area contributed by atoms with Gasteiger partial charge in [0.25, 0.3) is 0 Å². The molecular formula is C16H21BrO. The highest BCUT2D eigenvalue weighted by molar-refractivity contribution is 9.10. The second kappa shape index (κ2) is 6.51. The van der Waals surface area contributed by atoms with Gasteiger partial charge in [0.2, 0.25) is 0 Å². The van der Waals surface area contributed by atoms with Crippen LogP contribution in [-0.4, -0.2) is 5.78 Å². The van der Waals surface area contributed by atoms with Gasteiger partial charge in [-0.05, 0) is 49.3 Å². The molecule has 2 heteroatoms. The molecule has 0 amide bonds. The van der Waals surface area contributed by atoms with Crippen molar-refractivity contribution in [2.75, 3.05) is 0 Å². The third-order valence-corrected chi connectivity index (χ3v) is 4.64. The van der Waals surface area contributed by atoms with Gasteiger partial charge in [0.1, 0.15) is 5.78 Å². The Balaban J connectivity index is 1.89. The average Bonchev–Trinajstić information content (AvgIpc) is 2.39. The van der Waals surface area contributed by atoms with E-state index in [1.165, 1.54) is 19.3 Å². The van der Waals surface area contributed by atoms with Crippen molar-refractivity contribution >= 4 is 21.7 Å². The molecule has 0 radical (unpaired) electrons. The minimum Gasteiger partial charge on any atom is -0.299 e. The highest BCUT2D eigenvalue weighted by atomic mass is 79.9. The number of Topliss-reactive ketones (excluding diaryl/α,β-unsaturated/α-hetero) is 1. The number of benzene rings is 1. The smallest absolute Gasteiger partial charge is 0.140 e. The first-order valence-electron chi connectivity index (χ1n) is 6.96. The lowest BCUT2D eigenvalue weighted by atomic mass is 9.78. The summed E-state index contributed by atoms with van der Waals surface area (Å²) in [4.78, 5) is 12.3. The number of rotatable bonds is 4. The van der Waals surface area contributed by atoms with Gasteiger partial charge >= 0.3 is 0 Å². The summed E-state index contributed by atoms with van der Waals surface area (Å²) < 4.78 is 1.06. The maximum absolute atomic E-state index is 12.3. The van der Waals surface area contributed by atoms with Crippen molar-refractivity contribution in [3.63, 3.8) is 0 Å². The standard InChI is InChI=1S/C16H21BrO/c1-2-12-6-8-14(9-7-12)16(18)11-13-4-3-5-15(17)10-13/h3-5,10,12,14H,2,6-9,11H2,1H3. The Hall–Kier alpha value is -0.630. The van der Waals surface area contributed by atoms with Crippen LogP contribution in [0.15, 0.2) is 28.7 Å². The van der Waals surface area contributed by atoms with E-state index in [-0.39, 0.29) is 0 Å². The Kier molecular flexibility index (Phi) is 4.99. The Labute approximate surface area is 118 Å². The maximum atomic E-state index is 12.3. The van der Waals surface area contributed by atoms with Crippen molar-refractivity contribution in [2.24, 2.45) is 11.8 Å². The third kappa shape index (κ3) is 3.68. The highest BCUT2D eigenvalue weighted by Gasteiger charge is 2.25. The molecule has 1 aromatic carbocycles. The zero-order chi connectivity index (χ0) is 13.0. The molecule has 98 valence electrons. The van der Waals surface area contributed by atoms with Gasteiger partial charge in [-0.25, -0.2) is 0 Å². The molecule has 1 nitrogen and oxygen atoms in total. The van der Waals surface area contributed by atoms with Crippen molar-refractivity contribution < 1.29 is 4.79 Å². The van der Waals surface area contributed by atoms with Crippen LogP contribution in [0.25, 0.3) is 0 Å². The molecule has 18 heavy (non-hydrogen) atoms. The normalized spacial score (nSPS) is 23.9. The minimum atomic E-state index is 0.312. The van der Waals surface area contributed by atoms with Gasteiger partial charge in [0, 0.05) is 16.8 Å². The van der Waals surface area contributed by atoms with Crippen molar-refractivity contribution in [2.45, 2.75) is 45.4 Å². The van der Waals surface area contributed by atoms with Gasteiger partial charge in [-0.1, -0.05) is 41.4 Å². The molecular weight excluding hydrogens is 288 g/mol. The monoisotopic (exact) mass is 308 g/mol. The third-order valence-electron chi connectivity index (χ3n) is 4.15.